The summed E-state index contributed by atoms with van der Waals surface area (Å²) in [6.45, 7) is 5.42. The van der Waals surface area contributed by atoms with Gasteiger partial charge < -0.3 is 9.47 Å². The minimum absolute atomic E-state index is 0.652. The van der Waals surface area contributed by atoms with Crippen LogP contribution in [0.25, 0.3) is 0 Å². The van der Waals surface area contributed by atoms with E-state index in [9.17, 15) is 0 Å². The number of hydrogen-bond donors (Lipinski definition) is 0. The van der Waals surface area contributed by atoms with Gasteiger partial charge in [-0.3, -0.25) is 0 Å². The van der Waals surface area contributed by atoms with Crippen molar-refractivity contribution in [3.63, 3.8) is 0 Å². The van der Waals surface area contributed by atoms with Crippen LogP contribution in [-0.2, 0) is 9.47 Å². The lowest BCUT2D eigenvalue weighted by molar-refractivity contribution is 0.0913. The Morgan fingerprint density at radius 2 is 1.90 bits per heavy atom. The predicted octanol–water partition coefficient (Wildman–Crippen LogP) is 1.63. The second kappa shape index (κ2) is 5.13. The molecular formula is C6H15ClO2Si. The fourth-order valence-corrected chi connectivity index (χ4v) is 1.32. The number of rotatable bonds is 5. The first-order valence-electron chi connectivity index (χ1n) is 3.32. The van der Waals surface area contributed by atoms with Crippen molar-refractivity contribution in [2.45, 2.75) is 13.1 Å². The van der Waals surface area contributed by atoms with Gasteiger partial charge in [0.25, 0.3) is 0 Å². The Hall–Kier alpha value is 0.427. The Morgan fingerprint density at radius 3 is 2.30 bits per heavy atom. The van der Waals surface area contributed by atoms with Crippen LogP contribution < -0.4 is 0 Å². The largest absolute Gasteiger partial charge is 0.382 e. The molecule has 0 saturated carbocycles. The molecule has 0 rings (SSSR count). The summed E-state index contributed by atoms with van der Waals surface area (Å²) in [5, 5.41) is 0. The zero-order valence-corrected chi connectivity index (χ0v) is 8.57. The molecule has 2 nitrogen and oxygen atoms in total. The van der Waals surface area contributed by atoms with Crippen molar-refractivity contribution in [3.8, 4) is 0 Å². The molecule has 0 aliphatic heterocycles. The summed E-state index contributed by atoms with van der Waals surface area (Å²) in [4.78, 5) is 0. The van der Waals surface area contributed by atoms with Crippen molar-refractivity contribution < 1.29 is 9.47 Å². The van der Waals surface area contributed by atoms with Crippen LogP contribution in [0.4, 0.5) is 0 Å². The Morgan fingerprint density at radius 1 is 1.30 bits per heavy atom. The smallest absolute Gasteiger partial charge is 0.176 e. The first kappa shape index (κ1) is 10.4. The fraction of sp³-hybridized carbons (Fsp3) is 1.00. The molecule has 0 fully saturated rings. The Labute approximate surface area is 68.2 Å². The SMILES string of the molecule is COCCOC[Si](C)(C)Cl. The third-order valence-corrected chi connectivity index (χ3v) is 2.09. The topological polar surface area (TPSA) is 18.5 Å². The highest BCUT2D eigenvalue weighted by Crippen LogP contribution is 2.06. The summed E-state index contributed by atoms with van der Waals surface area (Å²) < 4.78 is 10.0. The molecule has 0 atom stereocenters. The fourth-order valence-electron chi connectivity index (χ4n) is 0.457. The maximum absolute atomic E-state index is 5.99. The van der Waals surface area contributed by atoms with E-state index in [1.807, 2.05) is 0 Å². The van der Waals surface area contributed by atoms with Gasteiger partial charge in [0.2, 0.25) is 0 Å². The summed E-state index contributed by atoms with van der Waals surface area (Å²) in [5.41, 5.74) is 0. The first-order chi connectivity index (χ1) is 4.56. The van der Waals surface area contributed by atoms with Crippen LogP contribution in [0.5, 0.6) is 0 Å². The van der Waals surface area contributed by atoms with Crippen LogP contribution >= 0.6 is 11.1 Å². The average molecular weight is 183 g/mol. The summed E-state index contributed by atoms with van der Waals surface area (Å²) in [6, 6.07) is 0. The van der Waals surface area contributed by atoms with Gasteiger partial charge in [0.1, 0.15) is 0 Å². The van der Waals surface area contributed by atoms with E-state index in [0.717, 1.165) is 0 Å². The van der Waals surface area contributed by atoms with Gasteiger partial charge >= 0.3 is 0 Å². The lowest BCUT2D eigenvalue weighted by atomic mass is 10.8. The molecule has 0 heterocycles. The number of hydrogen-bond acceptors (Lipinski definition) is 2. The van der Waals surface area contributed by atoms with E-state index >= 15 is 0 Å². The van der Waals surface area contributed by atoms with Gasteiger partial charge in [0.05, 0.1) is 19.4 Å². The second-order valence-electron chi connectivity index (χ2n) is 2.76. The Kier molecular flexibility index (Phi) is 5.35. The van der Waals surface area contributed by atoms with Crippen molar-refractivity contribution in [2.24, 2.45) is 0 Å². The van der Waals surface area contributed by atoms with Crippen LogP contribution in [0.1, 0.15) is 0 Å². The second-order valence-corrected chi connectivity index (χ2v) is 9.56. The third kappa shape index (κ3) is 8.43. The monoisotopic (exact) mass is 182 g/mol. The standard InChI is InChI=1S/C6H15ClO2Si/c1-8-4-5-9-6-10(2,3)7/h4-6H2,1-3H3. The van der Waals surface area contributed by atoms with Crippen LogP contribution in [0.2, 0.25) is 13.1 Å². The van der Waals surface area contributed by atoms with Gasteiger partial charge in [-0.25, -0.2) is 0 Å². The van der Waals surface area contributed by atoms with E-state index in [1.165, 1.54) is 0 Å². The molecular weight excluding hydrogens is 168 g/mol. The molecule has 0 aliphatic rings. The molecule has 0 saturated heterocycles. The van der Waals surface area contributed by atoms with Gasteiger partial charge in [-0.15, -0.1) is 0 Å². The molecule has 0 aromatic heterocycles. The Balaban J connectivity index is 3.04. The minimum atomic E-state index is -1.51. The number of halogens is 1. The molecule has 0 unspecified atom stereocenters. The van der Waals surface area contributed by atoms with E-state index in [-0.39, 0.29) is 0 Å². The zero-order chi connectivity index (χ0) is 8.04. The predicted molar refractivity (Wildman–Crippen MR) is 46.0 cm³/mol. The molecule has 0 N–H and O–H groups in total. The van der Waals surface area contributed by atoms with Gasteiger partial charge in [-0.1, -0.05) is 13.1 Å². The third-order valence-electron chi connectivity index (χ3n) is 0.877. The zero-order valence-electron chi connectivity index (χ0n) is 6.82. The van der Waals surface area contributed by atoms with Crippen molar-refractivity contribution in [3.05, 3.63) is 0 Å². The quantitative estimate of drug-likeness (QED) is 0.366. The lowest BCUT2D eigenvalue weighted by Crippen LogP contribution is -2.26. The molecule has 0 bridgehead atoms. The average Bonchev–Trinajstić information content (AvgIpc) is 1.78. The van der Waals surface area contributed by atoms with Gasteiger partial charge in [-0.05, 0) is 0 Å². The first-order valence-corrected chi connectivity index (χ1v) is 7.54. The highest BCUT2D eigenvalue weighted by molar-refractivity contribution is 7.19. The van der Waals surface area contributed by atoms with Gasteiger partial charge in [0.15, 0.2) is 7.38 Å². The van der Waals surface area contributed by atoms with Crippen LogP contribution in [-0.4, -0.2) is 33.9 Å². The van der Waals surface area contributed by atoms with E-state index in [4.69, 9.17) is 20.6 Å². The molecule has 0 aromatic carbocycles. The lowest BCUT2D eigenvalue weighted by Gasteiger charge is -2.12. The maximum atomic E-state index is 5.99. The van der Waals surface area contributed by atoms with E-state index in [2.05, 4.69) is 13.1 Å². The summed E-state index contributed by atoms with van der Waals surface area (Å²) in [6.07, 6.45) is 0.706. The molecule has 0 aliphatic carbocycles. The highest BCUT2D eigenvalue weighted by Gasteiger charge is 2.16. The summed E-state index contributed by atoms with van der Waals surface area (Å²) in [7, 11) is 0.147. The molecule has 4 heteroatoms. The number of methoxy groups -OCH3 is 1. The minimum Gasteiger partial charge on any atom is -0.382 e. The molecule has 0 aromatic rings. The normalized spacial score (nSPS) is 12.0. The van der Waals surface area contributed by atoms with Gasteiger partial charge in [-0.2, -0.15) is 11.1 Å². The molecule has 10 heavy (non-hydrogen) atoms. The van der Waals surface area contributed by atoms with E-state index < -0.39 is 7.38 Å². The molecule has 0 amide bonds. The van der Waals surface area contributed by atoms with Crippen LogP contribution in [0, 0.1) is 0 Å². The van der Waals surface area contributed by atoms with E-state index in [0.29, 0.717) is 19.4 Å². The van der Waals surface area contributed by atoms with Crippen LogP contribution in [0.3, 0.4) is 0 Å². The maximum Gasteiger partial charge on any atom is 0.176 e. The van der Waals surface area contributed by atoms with Crippen molar-refractivity contribution >= 4 is 18.5 Å². The molecule has 62 valence electrons. The van der Waals surface area contributed by atoms with Crippen molar-refractivity contribution in [1.29, 1.82) is 0 Å². The number of ether oxygens (including phenoxy) is 2. The summed E-state index contributed by atoms with van der Waals surface area (Å²) >= 11 is 5.99. The summed E-state index contributed by atoms with van der Waals surface area (Å²) in [5.74, 6) is 0. The van der Waals surface area contributed by atoms with Crippen LogP contribution in [0.15, 0.2) is 0 Å². The van der Waals surface area contributed by atoms with Gasteiger partial charge in [0, 0.05) is 7.11 Å². The van der Waals surface area contributed by atoms with E-state index in [1.54, 1.807) is 7.11 Å². The molecule has 0 radical (unpaired) electrons. The molecule has 0 spiro atoms. The van der Waals surface area contributed by atoms with Crippen molar-refractivity contribution in [2.75, 3.05) is 26.6 Å². The van der Waals surface area contributed by atoms with Crippen molar-refractivity contribution in [1.82, 2.24) is 0 Å². The Bertz CT molecular complexity index is 82.3. The highest BCUT2D eigenvalue weighted by atomic mass is 35.6.